The van der Waals surface area contributed by atoms with E-state index in [4.69, 9.17) is 5.11 Å². The molecule has 2 aromatic carbocycles. The highest BCUT2D eigenvalue weighted by Crippen LogP contribution is 2.26. The minimum atomic E-state index is -0.728. The molecule has 3 rings (SSSR count). The van der Waals surface area contributed by atoms with Gasteiger partial charge in [0.1, 0.15) is 0 Å². The van der Waals surface area contributed by atoms with Gasteiger partial charge in [-0.1, -0.05) is 48.5 Å². The van der Waals surface area contributed by atoms with Gasteiger partial charge < -0.3 is 10.4 Å². The summed E-state index contributed by atoms with van der Waals surface area (Å²) in [5.41, 5.74) is 2.58. The molecule has 0 aromatic heterocycles. The second-order valence-corrected chi connectivity index (χ2v) is 6.27. The predicted octanol–water partition coefficient (Wildman–Crippen LogP) is 3.73. The Hall–Kier alpha value is -2.62. The number of carbonyl (C=O) groups excluding carboxylic acids is 1. The molecule has 0 bridgehead atoms. The number of aliphatic carboxylic acids is 1. The lowest BCUT2D eigenvalue weighted by atomic mass is 9.86. The molecule has 0 spiro atoms. The molecule has 1 aliphatic rings. The summed E-state index contributed by atoms with van der Waals surface area (Å²) in [4.78, 5) is 23.7. The van der Waals surface area contributed by atoms with Crippen molar-refractivity contribution in [1.29, 1.82) is 0 Å². The van der Waals surface area contributed by atoms with Gasteiger partial charge in [-0.05, 0) is 42.9 Å². The van der Waals surface area contributed by atoms with Crippen LogP contribution in [-0.4, -0.2) is 23.0 Å². The van der Waals surface area contributed by atoms with E-state index in [-0.39, 0.29) is 17.9 Å². The molecule has 1 aliphatic carbocycles. The second-order valence-electron chi connectivity index (χ2n) is 6.27. The van der Waals surface area contributed by atoms with E-state index >= 15 is 0 Å². The number of hydrogen-bond acceptors (Lipinski definition) is 2. The molecule has 0 heterocycles. The lowest BCUT2D eigenvalue weighted by Crippen LogP contribution is -2.38. The average Bonchev–Trinajstić information content (AvgIpc) is 2.63. The van der Waals surface area contributed by atoms with Crippen molar-refractivity contribution >= 4 is 11.9 Å². The van der Waals surface area contributed by atoms with Crippen molar-refractivity contribution in [3.05, 3.63) is 60.2 Å². The molecule has 2 N–H and O–H groups in total. The Morgan fingerprint density at radius 1 is 0.875 bits per heavy atom. The fraction of sp³-hybridized carbons (Fsp3) is 0.300. The van der Waals surface area contributed by atoms with Crippen LogP contribution in [0.5, 0.6) is 0 Å². The second kappa shape index (κ2) is 7.30. The molecule has 1 amide bonds. The maximum Gasteiger partial charge on any atom is 0.306 e. The molecule has 4 nitrogen and oxygen atoms in total. The van der Waals surface area contributed by atoms with Crippen LogP contribution in [0.1, 0.15) is 36.0 Å². The summed E-state index contributed by atoms with van der Waals surface area (Å²) in [5.74, 6) is -1.09. The smallest absolute Gasteiger partial charge is 0.306 e. The summed E-state index contributed by atoms with van der Waals surface area (Å²) in [7, 11) is 0. The minimum Gasteiger partial charge on any atom is -0.481 e. The van der Waals surface area contributed by atoms with Gasteiger partial charge in [0.2, 0.25) is 0 Å². The molecule has 1 fully saturated rings. The van der Waals surface area contributed by atoms with Gasteiger partial charge in [-0.3, -0.25) is 9.59 Å². The molecule has 124 valence electrons. The molecule has 0 atom stereocenters. The Morgan fingerprint density at radius 2 is 1.50 bits per heavy atom. The summed E-state index contributed by atoms with van der Waals surface area (Å²) < 4.78 is 0. The fourth-order valence-electron chi connectivity index (χ4n) is 3.30. The van der Waals surface area contributed by atoms with E-state index in [2.05, 4.69) is 5.32 Å². The van der Waals surface area contributed by atoms with E-state index < -0.39 is 5.97 Å². The third kappa shape index (κ3) is 3.65. The van der Waals surface area contributed by atoms with Crippen molar-refractivity contribution < 1.29 is 14.7 Å². The van der Waals surface area contributed by atoms with Crippen molar-refractivity contribution in [2.75, 3.05) is 0 Å². The van der Waals surface area contributed by atoms with Gasteiger partial charge in [-0.25, -0.2) is 0 Å². The third-order valence-electron chi connectivity index (χ3n) is 4.67. The Labute approximate surface area is 141 Å². The molecule has 0 radical (unpaired) electrons. The molecule has 0 aliphatic heterocycles. The largest absolute Gasteiger partial charge is 0.481 e. The molecule has 2 aromatic rings. The standard InChI is InChI=1S/C20H21NO3/c22-19(21-16-12-10-15(11-13-16)20(23)24)18-9-5-4-8-17(18)14-6-2-1-3-7-14/h1-9,15-16H,10-13H2,(H,21,22)(H,23,24). The van der Waals surface area contributed by atoms with Crippen LogP contribution in [0, 0.1) is 5.92 Å². The van der Waals surface area contributed by atoms with Crippen molar-refractivity contribution in [3.63, 3.8) is 0 Å². The van der Waals surface area contributed by atoms with Crippen molar-refractivity contribution in [3.8, 4) is 11.1 Å². The van der Waals surface area contributed by atoms with E-state index in [0.717, 1.165) is 24.0 Å². The van der Waals surface area contributed by atoms with E-state index in [1.807, 2.05) is 54.6 Å². The highest BCUT2D eigenvalue weighted by atomic mass is 16.4. The third-order valence-corrected chi connectivity index (χ3v) is 4.67. The molecular weight excluding hydrogens is 302 g/mol. The first-order valence-electron chi connectivity index (χ1n) is 8.33. The highest BCUT2D eigenvalue weighted by molar-refractivity contribution is 6.01. The fourth-order valence-corrected chi connectivity index (χ4v) is 3.30. The number of rotatable bonds is 4. The van der Waals surface area contributed by atoms with Gasteiger partial charge in [-0.15, -0.1) is 0 Å². The first-order valence-corrected chi connectivity index (χ1v) is 8.33. The lowest BCUT2D eigenvalue weighted by Gasteiger charge is -2.27. The van der Waals surface area contributed by atoms with Gasteiger partial charge in [-0.2, -0.15) is 0 Å². The topological polar surface area (TPSA) is 66.4 Å². The normalized spacial score (nSPS) is 20.3. The molecule has 4 heteroatoms. The van der Waals surface area contributed by atoms with Crippen molar-refractivity contribution in [2.24, 2.45) is 5.92 Å². The van der Waals surface area contributed by atoms with Gasteiger partial charge in [0.15, 0.2) is 0 Å². The van der Waals surface area contributed by atoms with E-state index in [0.29, 0.717) is 18.4 Å². The van der Waals surface area contributed by atoms with E-state index in [1.165, 1.54) is 0 Å². The van der Waals surface area contributed by atoms with Gasteiger partial charge >= 0.3 is 5.97 Å². The summed E-state index contributed by atoms with van der Waals surface area (Å²) >= 11 is 0. The number of carboxylic acid groups (broad SMARTS) is 1. The number of hydrogen-bond donors (Lipinski definition) is 2. The Morgan fingerprint density at radius 3 is 2.17 bits per heavy atom. The lowest BCUT2D eigenvalue weighted by molar-refractivity contribution is -0.142. The van der Waals surface area contributed by atoms with Gasteiger partial charge in [0.05, 0.1) is 5.92 Å². The summed E-state index contributed by atoms with van der Waals surface area (Å²) in [6, 6.07) is 17.5. The van der Waals surface area contributed by atoms with Crippen LogP contribution in [0.4, 0.5) is 0 Å². The SMILES string of the molecule is O=C(NC1CCC(C(=O)O)CC1)c1ccccc1-c1ccccc1. The number of nitrogens with one attached hydrogen (secondary N) is 1. The van der Waals surface area contributed by atoms with Crippen LogP contribution in [0.3, 0.4) is 0 Å². The quantitative estimate of drug-likeness (QED) is 0.901. The van der Waals surface area contributed by atoms with Crippen LogP contribution in [0.25, 0.3) is 11.1 Å². The highest BCUT2D eigenvalue weighted by Gasteiger charge is 2.27. The average molecular weight is 323 g/mol. The first-order chi connectivity index (χ1) is 11.6. The zero-order valence-electron chi connectivity index (χ0n) is 13.4. The number of benzene rings is 2. The van der Waals surface area contributed by atoms with Gasteiger partial charge in [0.25, 0.3) is 5.91 Å². The van der Waals surface area contributed by atoms with Crippen LogP contribution in [0.15, 0.2) is 54.6 Å². The minimum absolute atomic E-state index is 0.0527. The zero-order valence-corrected chi connectivity index (χ0v) is 13.4. The maximum atomic E-state index is 12.7. The van der Waals surface area contributed by atoms with Crippen LogP contribution in [0.2, 0.25) is 0 Å². The predicted molar refractivity (Wildman–Crippen MR) is 92.7 cm³/mol. The summed E-state index contributed by atoms with van der Waals surface area (Å²) in [5, 5.41) is 12.1. The summed E-state index contributed by atoms with van der Waals surface area (Å²) in [6.07, 6.45) is 2.69. The number of carboxylic acids is 1. The molecular formula is C20H21NO3. The van der Waals surface area contributed by atoms with Gasteiger partial charge in [0, 0.05) is 11.6 Å². The summed E-state index contributed by atoms with van der Waals surface area (Å²) in [6.45, 7) is 0. The van der Waals surface area contributed by atoms with Crippen LogP contribution < -0.4 is 5.32 Å². The van der Waals surface area contributed by atoms with Crippen molar-refractivity contribution in [2.45, 2.75) is 31.7 Å². The van der Waals surface area contributed by atoms with Crippen LogP contribution >= 0.6 is 0 Å². The molecule has 0 unspecified atom stereocenters. The van der Waals surface area contributed by atoms with E-state index in [1.54, 1.807) is 0 Å². The first kappa shape index (κ1) is 16.2. The Bertz CT molecular complexity index is 719. The van der Waals surface area contributed by atoms with Crippen molar-refractivity contribution in [1.82, 2.24) is 5.32 Å². The Balaban J connectivity index is 1.72. The maximum absolute atomic E-state index is 12.7. The van der Waals surface area contributed by atoms with E-state index in [9.17, 15) is 9.59 Å². The molecule has 1 saturated carbocycles. The monoisotopic (exact) mass is 323 g/mol. The zero-order chi connectivity index (χ0) is 16.9. The Kier molecular flexibility index (Phi) is 4.94. The number of amides is 1. The van der Waals surface area contributed by atoms with Crippen LogP contribution in [-0.2, 0) is 4.79 Å². The molecule has 24 heavy (non-hydrogen) atoms. The number of carbonyl (C=O) groups is 2. The molecule has 0 saturated heterocycles.